The fourth-order valence-corrected chi connectivity index (χ4v) is 5.09. The fraction of sp³-hybridized carbons (Fsp3) is 0.560. The smallest absolute Gasteiger partial charge is 0.131 e. The number of nitrogens with zero attached hydrogens (tertiary/aromatic N) is 3. The predicted octanol–water partition coefficient (Wildman–Crippen LogP) is 4.89. The topological polar surface area (TPSA) is 28.6 Å². The molecule has 2 fully saturated rings. The molecule has 162 valence electrons. The molecule has 1 aliphatic carbocycles. The van der Waals surface area contributed by atoms with Gasteiger partial charge < -0.3 is 9.64 Å². The van der Waals surface area contributed by atoms with Crippen molar-refractivity contribution in [3.63, 3.8) is 0 Å². The van der Waals surface area contributed by atoms with E-state index in [1.54, 1.807) is 13.3 Å². The molecule has 1 aromatic carbocycles. The number of pyridine rings is 1. The third-order valence-electron chi connectivity index (χ3n) is 6.79. The van der Waals surface area contributed by atoms with Crippen molar-refractivity contribution in [3.05, 3.63) is 59.7 Å². The summed E-state index contributed by atoms with van der Waals surface area (Å²) in [5, 5.41) is 0. The van der Waals surface area contributed by atoms with Gasteiger partial charge in [-0.15, -0.1) is 0 Å². The lowest BCUT2D eigenvalue weighted by Crippen LogP contribution is -2.42. The van der Waals surface area contributed by atoms with Crippen LogP contribution in [0.2, 0.25) is 0 Å². The van der Waals surface area contributed by atoms with Crippen LogP contribution in [0.25, 0.3) is 0 Å². The molecule has 0 spiro atoms. The first-order valence-electron chi connectivity index (χ1n) is 11.4. The number of benzene rings is 1. The van der Waals surface area contributed by atoms with E-state index in [0.717, 1.165) is 24.7 Å². The fourth-order valence-electron chi connectivity index (χ4n) is 5.09. The second kappa shape index (κ2) is 10.4. The van der Waals surface area contributed by atoms with Gasteiger partial charge in [-0.05, 0) is 62.4 Å². The molecular weight excluding hydrogens is 377 g/mol. The van der Waals surface area contributed by atoms with Crippen molar-refractivity contribution >= 4 is 0 Å². The summed E-state index contributed by atoms with van der Waals surface area (Å²) >= 11 is 0. The first-order chi connectivity index (χ1) is 14.7. The number of piperidine rings is 1. The van der Waals surface area contributed by atoms with E-state index in [0.29, 0.717) is 18.2 Å². The molecule has 0 atom stereocenters. The molecular formula is C25H34FN3O. The van der Waals surface area contributed by atoms with E-state index < -0.39 is 0 Å². The molecule has 0 bridgehead atoms. The number of methoxy groups -OCH3 is 1. The van der Waals surface area contributed by atoms with Gasteiger partial charge in [-0.25, -0.2) is 4.39 Å². The van der Waals surface area contributed by atoms with Gasteiger partial charge in [0.15, 0.2) is 0 Å². The normalized spacial score (nSPS) is 18.9. The minimum atomic E-state index is -0.193. The summed E-state index contributed by atoms with van der Waals surface area (Å²) in [6, 6.07) is 10.1. The van der Waals surface area contributed by atoms with Gasteiger partial charge in [-0.3, -0.25) is 9.88 Å². The largest absolute Gasteiger partial charge is 0.497 e. The highest BCUT2D eigenvalue weighted by molar-refractivity contribution is 5.29. The van der Waals surface area contributed by atoms with Gasteiger partial charge in [0.2, 0.25) is 0 Å². The van der Waals surface area contributed by atoms with E-state index in [-0.39, 0.29) is 5.82 Å². The van der Waals surface area contributed by atoms with Crippen LogP contribution in [0.5, 0.6) is 5.75 Å². The van der Waals surface area contributed by atoms with Crippen molar-refractivity contribution < 1.29 is 9.13 Å². The predicted molar refractivity (Wildman–Crippen MR) is 118 cm³/mol. The van der Waals surface area contributed by atoms with Crippen molar-refractivity contribution in [2.45, 2.75) is 57.7 Å². The van der Waals surface area contributed by atoms with Gasteiger partial charge in [0.1, 0.15) is 11.6 Å². The molecule has 1 aromatic heterocycles. The minimum absolute atomic E-state index is 0.193. The van der Waals surface area contributed by atoms with Crippen LogP contribution in [0.15, 0.2) is 42.7 Å². The maximum absolute atomic E-state index is 14.6. The lowest BCUT2D eigenvalue weighted by molar-refractivity contribution is 0.106. The zero-order valence-corrected chi connectivity index (χ0v) is 18.1. The Balaban J connectivity index is 1.40. The average Bonchev–Trinajstić information content (AvgIpc) is 3.31. The van der Waals surface area contributed by atoms with Gasteiger partial charge in [-0.2, -0.15) is 0 Å². The van der Waals surface area contributed by atoms with E-state index in [1.165, 1.54) is 63.2 Å². The Kier molecular flexibility index (Phi) is 7.34. The average molecular weight is 412 g/mol. The summed E-state index contributed by atoms with van der Waals surface area (Å²) in [6.07, 6.45) is 11.8. The highest BCUT2D eigenvalue weighted by Crippen LogP contribution is 2.29. The Morgan fingerprint density at radius 2 is 1.90 bits per heavy atom. The second-order valence-electron chi connectivity index (χ2n) is 8.91. The van der Waals surface area contributed by atoms with E-state index >= 15 is 0 Å². The van der Waals surface area contributed by atoms with Gasteiger partial charge in [0, 0.05) is 49.7 Å². The molecule has 0 amide bonds. The van der Waals surface area contributed by atoms with E-state index in [1.807, 2.05) is 24.4 Å². The molecule has 2 aromatic rings. The van der Waals surface area contributed by atoms with Crippen LogP contribution < -0.4 is 4.74 Å². The molecule has 0 unspecified atom stereocenters. The number of rotatable bonds is 8. The van der Waals surface area contributed by atoms with Crippen LogP contribution in [0.1, 0.15) is 49.7 Å². The standard InChI is InChI=1S/C25H34FN3O/c1-30-24-9-8-22(25(26)15-24)19-28(18-21-5-4-12-27-16-21)17-20-10-13-29(14-11-20)23-6-2-3-7-23/h4-5,8-9,12,15-16,20,23H,2-3,6-7,10-11,13-14,17-19H2,1H3. The summed E-state index contributed by atoms with van der Waals surface area (Å²) in [7, 11) is 1.57. The summed E-state index contributed by atoms with van der Waals surface area (Å²) in [6.45, 7) is 4.83. The lowest BCUT2D eigenvalue weighted by atomic mass is 9.94. The number of aromatic nitrogens is 1. The van der Waals surface area contributed by atoms with Crippen LogP contribution in [0, 0.1) is 11.7 Å². The van der Waals surface area contributed by atoms with Crippen molar-refractivity contribution in [2.24, 2.45) is 5.92 Å². The number of hydrogen-bond donors (Lipinski definition) is 0. The molecule has 1 aliphatic heterocycles. The van der Waals surface area contributed by atoms with Crippen LogP contribution >= 0.6 is 0 Å². The minimum Gasteiger partial charge on any atom is -0.497 e. The summed E-state index contributed by atoms with van der Waals surface area (Å²) in [4.78, 5) is 9.37. The third-order valence-corrected chi connectivity index (χ3v) is 6.79. The highest BCUT2D eigenvalue weighted by Gasteiger charge is 2.28. The molecule has 2 aliphatic rings. The zero-order valence-electron chi connectivity index (χ0n) is 18.1. The SMILES string of the molecule is COc1ccc(CN(Cc2cccnc2)CC2CCN(C3CCCC3)CC2)c(F)c1. The molecule has 30 heavy (non-hydrogen) atoms. The Hall–Kier alpha value is -1.98. The van der Waals surface area contributed by atoms with Gasteiger partial charge in [0.25, 0.3) is 0 Å². The molecule has 5 heteroatoms. The summed E-state index contributed by atoms with van der Waals surface area (Å²) in [5.74, 6) is 1.04. The Morgan fingerprint density at radius 3 is 2.57 bits per heavy atom. The maximum atomic E-state index is 14.6. The summed E-state index contributed by atoms with van der Waals surface area (Å²) < 4.78 is 19.8. The quantitative estimate of drug-likeness (QED) is 0.619. The van der Waals surface area contributed by atoms with Crippen LogP contribution in [0.3, 0.4) is 0 Å². The third kappa shape index (κ3) is 5.58. The Labute approximate surface area is 180 Å². The number of ether oxygens (including phenoxy) is 1. The van der Waals surface area contributed by atoms with E-state index in [9.17, 15) is 4.39 Å². The molecule has 4 rings (SSSR count). The monoisotopic (exact) mass is 411 g/mol. The Bertz CT molecular complexity index is 786. The van der Waals surface area contributed by atoms with E-state index in [4.69, 9.17) is 4.74 Å². The van der Waals surface area contributed by atoms with Crippen molar-refractivity contribution in [2.75, 3.05) is 26.7 Å². The van der Waals surface area contributed by atoms with E-state index in [2.05, 4.69) is 20.9 Å². The first kappa shape index (κ1) is 21.3. The number of hydrogen-bond acceptors (Lipinski definition) is 4. The highest BCUT2D eigenvalue weighted by atomic mass is 19.1. The molecule has 1 saturated carbocycles. The molecule has 2 heterocycles. The van der Waals surface area contributed by atoms with Crippen LogP contribution in [-0.2, 0) is 13.1 Å². The first-order valence-corrected chi connectivity index (χ1v) is 11.4. The Morgan fingerprint density at radius 1 is 1.10 bits per heavy atom. The molecule has 1 saturated heterocycles. The van der Waals surface area contributed by atoms with Crippen molar-refractivity contribution in [3.8, 4) is 5.75 Å². The molecule has 0 N–H and O–H groups in total. The van der Waals surface area contributed by atoms with Gasteiger partial charge >= 0.3 is 0 Å². The van der Waals surface area contributed by atoms with Crippen molar-refractivity contribution in [1.29, 1.82) is 0 Å². The molecule has 4 nitrogen and oxygen atoms in total. The number of halogens is 1. The van der Waals surface area contributed by atoms with Crippen LogP contribution in [0.4, 0.5) is 4.39 Å². The van der Waals surface area contributed by atoms with Crippen molar-refractivity contribution in [1.82, 2.24) is 14.8 Å². The number of likely N-dealkylation sites (tertiary alicyclic amines) is 1. The molecule has 0 radical (unpaired) electrons. The van der Waals surface area contributed by atoms with Gasteiger partial charge in [-0.1, -0.05) is 25.0 Å². The second-order valence-corrected chi connectivity index (χ2v) is 8.91. The summed E-state index contributed by atoms with van der Waals surface area (Å²) in [5.41, 5.74) is 1.90. The lowest BCUT2D eigenvalue weighted by Gasteiger charge is -2.38. The zero-order chi connectivity index (χ0) is 20.8. The van der Waals surface area contributed by atoms with Crippen LogP contribution in [-0.4, -0.2) is 47.6 Å². The maximum Gasteiger partial charge on any atom is 0.131 e. The van der Waals surface area contributed by atoms with Gasteiger partial charge in [0.05, 0.1) is 7.11 Å².